The van der Waals surface area contributed by atoms with Crippen LogP contribution in [0.15, 0.2) is 0 Å². The Balaban J connectivity index is 1.59. The van der Waals surface area contributed by atoms with Crippen molar-refractivity contribution >= 4 is 7.60 Å². The van der Waals surface area contributed by atoms with E-state index in [1.165, 1.54) is 0 Å². The van der Waals surface area contributed by atoms with E-state index in [0.717, 1.165) is 12.8 Å². The van der Waals surface area contributed by atoms with Gasteiger partial charge in [-0.3, -0.25) is 4.57 Å². The minimum atomic E-state index is -3.15. The first-order valence-electron chi connectivity index (χ1n) is 8.70. The SMILES string of the molecule is COC[C@H]1O[C@@H](C)[C@@H]2CCP(=O)(OC[C@H]3O[C@@H](C)C[C@@H]3OC)O[C@@H]21. The van der Waals surface area contributed by atoms with Gasteiger partial charge in [0, 0.05) is 26.6 Å². The molecule has 0 amide bonds. The Kier molecular flexibility index (Phi) is 6.02. The zero-order valence-electron chi connectivity index (χ0n) is 14.9. The summed E-state index contributed by atoms with van der Waals surface area (Å²) in [6, 6.07) is 0. The number of hydrogen-bond donors (Lipinski definition) is 0. The van der Waals surface area contributed by atoms with Gasteiger partial charge in [-0.05, 0) is 20.3 Å². The van der Waals surface area contributed by atoms with E-state index < -0.39 is 7.60 Å². The highest BCUT2D eigenvalue weighted by Crippen LogP contribution is 2.58. The fourth-order valence-corrected chi connectivity index (χ4v) is 5.93. The van der Waals surface area contributed by atoms with Gasteiger partial charge in [0.05, 0.1) is 37.7 Å². The quantitative estimate of drug-likeness (QED) is 0.669. The lowest BCUT2D eigenvalue weighted by molar-refractivity contribution is -0.0397. The number of ether oxygens (including phenoxy) is 4. The molecule has 7 nitrogen and oxygen atoms in total. The third-order valence-electron chi connectivity index (χ3n) is 5.25. The molecule has 0 radical (unpaired) electrons. The first-order chi connectivity index (χ1) is 11.5. The topological polar surface area (TPSA) is 72.5 Å². The van der Waals surface area contributed by atoms with Gasteiger partial charge in [-0.1, -0.05) is 0 Å². The fourth-order valence-electron chi connectivity index (χ4n) is 3.98. The van der Waals surface area contributed by atoms with Crippen LogP contribution in [0.25, 0.3) is 0 Å². The molecular formula is C16H29O7P. The van der Waals surface area contributed by atoms with E-state index in [1.54, 1.807) is 14.2 Å². The number of fused-ring (bicyclic) bond motifs is 1. The number of rotatable bonds is 6. The van der Waals surface area contributed by atoms with E-state index in [4.69, 9.17) is 28.0 Å². The average Bonchev–Trinajstić information content (AvgIpc) is 3.06. The van der Waals surface area contributed by atoms with Crippen molar-refractivity contribution in [2.75, 3.05) is 33.6 Å². The van der Waals surface area contributed by atoms with E-state index in [1.807, 2.05) is 13.8 Å². The lowest BCUT2D eigenvalue weighted by Crippen LogP contribution is -2.37. The standard InChI is InChI=1S/C16H29O7P/c1-10-7-13(19-4)14(21-10)9-20-24(17)6-5-12-11(2)22-15(8-18-3)16(12)23-24/h10-16H,5-9H2,1-4H3/t10-,11-,12-,13-,14+,15+,16-,24?/m0/s1. The monoisotopic (exact) mass is 364 g/mol. The van der Waals surface area contributed by atoms with Crippen molar-refractivity contribution in [1.82, 2.24) is 0 Å². The van der Waals surface area contributed by atoms with Crippen molar-refractivity contribution < 1.29 is 32.6 Å². The van der Waals surface area contributed by atoms with Crippen LogP contribution in [0.3, 0.4) is 0 Å². The molecule has 0 spiro atoms. The van der Waals surface area contributed by atoms with Crippen LogP contribution < -0.4 is 0 Å². The molecule has 3 rings (SSSR count). The normalized spacial score (nSPS) is 48.6. The Bertz CT molecular complexity index is 473. The first-order valence-corrected chi connectivity index (χ1v) is 10.4. The van der Waals surface area contributed by atoms with Gasteiger partial charge >= 0.3 is 7.60 Å². The fraction of sp³-hybridized carbons (Fsp3) is 1.00. The molecule has 3 fully saturated rings. The second kappa shape index (κ2) is 7.70. The van der Waals surface area contributed by atoms with Crippen LogP contribution in [-0.2, 0) is 32.6 Å². The van der Waals surface area contributed by atoms with Gasteiger partial charge in [0.1, 0.15) is 18.3 Å². The zero-order valence-corrected chi connectivity index (χ0v) is 15.8. The van der Waals surface area contributed by atoms with Crippen LogP contribution in [0, 0.1) is 5.92 Å². The summed E-state index contributed by atoms with van der Waals surface area (Å²) in [7, 11) is 0.140. The predicted molar refractivity (Wildman–Crippen MR) is 87.4 cm³/mol. The molecule has 8 atom stereocenters. The summed E-state index contributed by atoms with van der Waals surface area (Å²) in [5, 5.41) is 0. The van der Waals surface area contributed by atoms with E-state index in [-0.39, 0.29) is 49.1 Å². The second-order valence-electron chi connectivity index (χ2n) is 6.98. The molecule has 3 aliphatic heterocycles. The lowest BCUT2D eigenvalue weighted by atomic mass is 9.94. The number of methoxy groups -OCH3 is 2. The summed E-state index contributed by atoms with van der Waals surface area (Å²) in [4.78, 5) is 0. The molecule has 140 valence electrons. The molecular weight excluding hydrogens is 335 g/mol. The molecule has 3 saturated heterocycles. The third-order valence-corrected chi connectivity index (χ3v) is 7.17. The van der Waals surface area contributed by atoms with Crippen LogP contribution in [0.4, 0.5) is 0 Å². The van der Waals surface area contributed by atoms with Gasteiger partial charge < -0.3 is 28.0 Å². The predicted octanol–water partition coefficient (Wildman–Crippen LogP) is 2.23. The summed E-state index contributed by atoms with van der Waals surface area (Å²) in [6.45, 7) is 4.69. The molecule has 0 aromatic carbocycles. The highest BCUT2D eigenvalue weighted by molar-refractivity contribution is 7.53. The van der Waals surface area contributed by atoms with Crippen molar-refractivity contribution in [3.8, 4) is 0 Å². The van der Waals surface area contributed by atoms with Gasteiger partial charge in [-0.15, -0.1) is 0 Å². The minimum Gasteiger partial charge on any atom is -0.382 e. The van der Waals surface area contributed by atoms with Crippen molar-refractivity contribution in [2.24, 2.45) is 5.92 Å². The summed E-state index contributed by atoms with van der Waals surface area (Å²) in [6.07, 6.45) is 1.56. The molecule has 3 heterocycles. The van der Waals surface area contributed by atoms with Crippen LogP contribution in [0.5, 0.6) is 0 Å². The maximum Gasteiger partial charge on any atom is 0.331 e. The summed E-state index contributed by atoms with van der Waals surface area (Å²) in [5.74, 6) is 0.241. The molecule has 0 aliphatic carbocycles. The third kappa shape index (κ3) is 3.88. The Hall–Kier alpha value is -0.0100. The van der Waals surface area contributed by atoms with Gasteiger partial charge in [0.2, 0.25) is 0 Å². The van der Waals surface area contributed by atoms with E-state index in [2.05, 4.69) is 0 Å². The highest BCUT2D eigenvalue weighted by atomic mass is 31.2. The summed E-state index contributed by atoms with van der Waals surface area (Å²) >= 11 is 0. The van der Waals surface area contributed by atoms with Gasteiger partial charge in [0.25, 0.3) is 0 Å². The Morgan fingerprint density at radius 2 is 1.92 bits per heavy atom. The van der Waals surface area contributed by atoms with Crippen molar-refractivity contribution in [2.45, 2.75) is 63.3 Å². The molecule has 3 aliphatic rings. The van der Waals surface area contributed by atoms with Crippen molar-refractivity contribution in [3.05, 3.63) is 0 Å². The largest absolute Gasteiger partial charge is 0.382 e. The van der Waals surface area contributed by atoms with Crippen LogP contribution in [-0.4, -0.2) is 70.2 Å². The molecule has 0 bridgehead atoms. The average molecular weight is 364 g/mol. The summed E-state index contributed by atoms with van der Waals surface area (Å²) < 4.78 is 47.0. The Labute approximate surface area is 143 Å². The van der Waals surface area contributed by atoms with E-state index in [9.17, 15) is 4.57 Å². The first kappa shape index (κ1) is 18.8. The zero-order chi connectivity index (χ0) is 17.3. The molecule has 0 aromatic heterocycles. The highest BCUT2D eigenvalue weighted by Gasteiger charge is 2.51. The Morgan fingerprint density at radius 3 is 2.62 bits per heavy atom. The van der Waals surface area contributed by atoms with Gasteiger partial charge in [-0.2, -0.15) is 0 Å². The van der Waals surface area contributed by atoms with Crippen LogP contribution >= 0.6 is 7.60 Å². The maximum absolute atomic E-state index is 13.0. The minimum absolute atomic E-state index is 0.0276. The molecule has 1 unspecified atom stereocenters. The van der Waals surface area contributed by atoms with E-state index in [0.29, 0.717) is 12.8 Å². The van der Waals surface area contributed by atoms with Gasteiger partial charge in [0.15, 0.2) is 0 Å². The maximum atomic E-state index is 13.0. The van der Waals surface area contributed by atoms with E-state index >= 15 is 0 Å². The molecule has 0 saturated carbocycles. The second-order valence-corrected chi connectivity index (χ2v) is 9.12. The van der Waals surface area contributed by atoms with Crippen LogP contribution in [0.1, 0.15) is 26.7 Å². The molecule has 8 heteroatoms. The number of hydrogen-bond acceptors (Lipinski definition) is 7. The van der Waals surface area contributed by atoms with Gasteiger partial charge in [-0.25, -0.2) is 0 Å². The molecule has 0 N–H and O–H groups in total. The lowest BCUT2D eigenvalue weighted by Gasteiger charge is -2.34. The Morgan fingerprint density at radius 1 is 1.12 bits per heavy atom. The van der Waals surface area contributed by atoms with Crippen LogP contribution in [0.2, 0.25) is 0 Å². The summed E-state index contributed by atoms with van der Waals surface area (Å²) in [5.41, 5.74) is 0. The van der Waals surface area contributed by atoms with Crippen molar-refractivity contribution in [1.29, 1.82) is 0 Å². The molecule has 24 heavy (non-hydrogen) atoms. The van der Waals surface area contributed by atoms with Crippen molar-refractivity contribution in [3.63, 3.8) is 0 Å². The smallest absolute Gasteiger partial charge is 0.331 e. The molecule has 0 aromatic rings.